The number of methoxy groups -OCH3 is 1. The summed E-state index contributed by atoms with van der Waals surface area (Å²) in [6.45, 7) is 0.109. The Hall–Kier alpha value is -1.64. The number of aliphatic carboxylic acids is 1. The maximum Gasteiger partial charge on any atom is 1.00 e. The number of carboxylic acid groups (broad SMARTS) is 1. The summed E-state index contributed by atoms with van der Waals surface area (Å²) in [4.78, 5) is 46.7. The van der Waals surface area contributed by atoms with Gasteiger partial charge in [-0.2, -0.15) is 0 Å². The number of nitrogen functional groups attached to an aromatic ring is 1. The van der Waals surface area contributed by atoms with Crippen molar-refractivity contribution in [3.63, 3.8) is 0 Å². The predicted molar refractivity (Wildman–Crippen MR) is 103 cm³/mol. The number of aromatic nitrogens is 1. The van der Waals surface area contributed by atoms with E-state index in [0.717, 1.165) is 11.3 Å². The number of nitrogens with one attached hydrogen (secondary N) is 1. The fourth-order valence-electron chi connectivity index (χ4n) is 2.87. The number of amides is 2. The Morgan fingerprint density at radius 3 is 2.79 bits per heavy atom. The molecular formula is C15H18N5NaO6S2. The molecule has 1 fully saturated rings. The summed E-state index contributed by atoms with van der Waals surface area (Å²) in [7, 11) is 2.73. The average molecular weight is 451 g/mol. The van der Waals surface area contributed by atoms with Gasteiger partial charge in [0.05, 0.1) is 6.61 Å². The van der Waals surface area contributed by atoms with Crippen LogP contribution in [0.3, 0.4) is 0 Å². The minimum atomic E-state index is -1.21. The Kier molecular flexibility index (Phi) is 8.08. The van der Waals surface area contributed by atoms with Crippen molar-refractivity contribution in [3.8, 4) is 0 Å². The van der Waals surface area contributed by atoms with Crippen LogP contribution in [0.2, 0.25) is 0 Å². The Labute approximate surface area is 197 Å². The number of oxime groups is 1. The van der Waals surface area contributed by atoms with Crippen molar-refractivity contribution in [1.29, 1.82) is 0 Å². The standard InChI is InChI=1S/C15H17N5O6S2.Na.H/c1-25-3-6-4-27-13-9(12(22)20(13)10(6)14(23)24)18-11(21)8(19-26-2)7-5-28-15(16)17-7;;/h5,9,13H,3-4H2,1-2H3,(H2,16,17)(H,18,21)(H,23,24);;/q;+1;-1/b19-8-;;/t9-,13-;;/m1../s1. The van der Waals surface area contributed by atoms with Crippen molar-refractivity contribution in [2.75, 3.05) is 32.3 Å². The largest absolute Gasteiger partial charge is 1.00 e. The first-order valence-electron chi connectivity index (χ1n) is 7.91. The zero-order valence-electron chi connectivity index (χ0n) is 16.9. The molecule has 0 unspecified atom stereocenters. The van der Waals surface area contributed by atoms with Gasteiger partial charge in [0.15, 0.2) is 10.8 Å². The molecule has 4 N–H and O–H groups in total. The number of nitrogens with two attached hydrogens (primary N) is 1. The van der Waals surface area contributed by atoms with Gasteiger partial charge in [-0.15, -0.1) is 23.1 Å². The average Bonchev–Trinajstić information content (AvgIpc) is 3.09. The summed E-state index contributed by atoms with van der Waals surface area (Å²) >= 11 is 2.47. The van der Waals surface area contributed by atoms with E-state index < -0.39 is 29.2 Å². The van der Waals surface area contributed by atoms with E-state index in [1.807, 2.05) is 0 Å². The van der Waals surface area contributed by atoms with E-state index in [9.17, 15) is 19.5 Å². The number of carboxylic acids is 1. The Bertz CT molecular complexity index is 895. The zero-order valence-corrected chi connectivity index (χ0v) is 19.5. The first-order valence-corrected chi connectivity index (χ1v) is 9.84. The number of ether oxygens (including phenoxy) is 1. The predicted octanol–water partition coefficient (Wildman–Crippen LogP) is -3.42. The van der Waals surface area contributed by atoms with Crippen LogP contribution in [0.5, 0.6) is 0 Å². The normalized spacial score (nSPS) is 21.1. The van der Waals surface area contributed by atoms with Crippen LogP contribution in [0.1, 0.15) is 7.12 Å². The molecule has 1 saturated heterocycles. The van der Waals surface area contributed by atoms with Crippen LogP contribution in [0, 0.1) is 0 Å². The number of rotatable bonds is 7. The first-order chi connectivity index (χ1) is 13.4. The maximum absolute atomic E-state index is 12.6. The van der Waals surface area contributed by atoms with Gasteiger partial charge >= 0.3 is 35.5 Å². The summed E-state index contributed by atoms with van der Waals surface area (Å²) in [6, 6.07) is -0.894. The van der Waals surface area contributed by atoms with Gasteiger partial charge in [-0.1, -0.05) is 5.16 Å². The first kappa shape index (κ1) is 23.6. The summed E-state index contributed by atoms with van der Waals surface area (Å²) in [6.07, 6.45) is 0. The van der Waals surface area contributed by atoms with Gasteiger partial charge in [0.1, 0.15) is 29.9 Å². The number of carbonyl (C=O) groups is 3. The van der Waals surface area contributed by atoms with Gasteiger partial charge in [0.25, 0.3) is 11.8 Å². The van der Waals surface area contributed by atoms with Crippen molar-refractivity contribution in [2.24, 2.45) is 5.16 Å². The fraction of sp³-hybridized carbons (Fsp3) is 0.400. The number of hydrogen-bond donors (Lipinski definition) is 3. The number of anilines is 1. The molecule has 29 heavy (non-hydrogen) atoms. The molecule has 3 heterocycles. The monoisotopic (exact) mass is 451 g/mol. The molecule has 0 radical (unpaired) electrons. The van der Waals surface area contributed by atoms with Crippen LogP contribution in [-0.4, -0.2) is 76.5 Å². The molecule has 0 saturated carbocycles. The van der Waals surface area contributed by atoms with Crippen LogP contribution in [0.25, 0.3) is 0 Å². The number of nitrogens with zero attached hydrogens (tertiary/aromatic N) is 3. The third-order valence-corrected chi connectivity index (χ3v) is 6.03. The molecule has 1 aromatic rings. The number of hydrogen-bond acceptors (Lipinski definition) is 10. The Morgan fingerprint density at radius 2 is 2.24 bits per heavy atom. The third-order valence-electron chi connectivity index (χ3n) is 4.02. The molecule has 2 amide bonds. The second-order valence-electron chi connectivity index (χ2n) is 5.74. The van der Waals surface area contributed by atoms with Crippen molar-refractivity contribution >= 4 is 51.7 Å². The topological polar surface area (TPSA) is 156 Å². The molecule has 2 aliphatic heterocycles. The van der Waals surface area contributed by atoms with Crippen LogP contribution in [-0.2, 0) is 24.0 Å². The van der Waals surface area contributed by atoms with Crippen LogP contribution in [0.15, 0.2) is 21.8 Å². The number of fused-ring (bicyclic) bond motifs is 1. The molecule has 2 atom stereocenters. The number of thiazole rings is 1. The van der Waals surface area contributed by atoms with Crippen molar-refractivity contribution in [3.05, 3.63) is 22.3 Å². The van der Waals surface area contributed by atoms with Crippen molar-refractivity contribution in [1.82, 2.24) is 15.2 Å². The van der Waals surface area contributed by atoms with Crippen LogP contribution in [0.4, 0.5) is 5.13 Å². The molecule has 1 aromatic heterocycles. The molecule has 2 aliphatic rings. The molecule has 0 aliphatic carbocycles. The van der Waals surface area contributed by atoms with E-state index in [-0.39, 0.29) is 59.8 Å². The van der Waals surface area contributed by atoms with Gasteiger partial charge in [0, 0.05) is 18.2 Å². The Morgan fingerprint density at radius 1 is 1.52 bits per heavy atom. The number of β-lactam (4-membered cyclic amide) rings is 1. The maximum atomic E-state index is 12.6. The molecule has 0 aromatic carbocycles. The van der Waals surface area contributed by atoms with E-state index in [4.69, 9.17) is 15.3 Å². The van der Waals surface area contributed by atoms with Crippen molar-refractivity contribution < 1.29 is 60.0 Å². The minimum Gasteiger partial charge on any atom is -1.00 e. The summed E-state index contributed by atoms with van der Waals surface area (Å²) in [5.74, 6) is -2.03. The quantitative estimate of drug-likeness (QED) is 0.166. The summed E-state index contributed by atoms with van der Waals surface area (Å²) < 4.78 is 5.02. The molecule has 0 spiro atoms. The van der Waals surface area contributed by atoms with E-state index in [2.05, 4.69) is 15.5 Å². The number of thioether (sulfide) groups is 1. The van der Waals surface area contributed by atoms with Crippen LogP contribution >= 0.6 is 23.1 Å². The summed E-state index contributed by atoms with van der Waals surface area (Å²) in [5.41, 5.74) is 6.09. The fourth-order valence-corrected chi connectivity index (χ4v) is 4.75. The number of carbonyl (C=O) groups excluding carboxylic acids is 2. The molecule has 11 nitrogen and oxygen atoms in total. The third kappa shape index (κ3) is 4.59. The van der Waals surface area contributed by atoms with E-state index >= 15 is 0 Å². The van der Waals surface area contributed by atoms with E-state index in [0.29, 0.717) is 11.3 Å². The molecule has 0 bridgehead atoms. The van der Waals surface area contributed by atoms with E-state index in [1.165, 1.54) is 30.9 Å². The zero-order chi connectivity index (χ0) is 20.4. The minimum absolute atomic E-state index is 0. The molecule has 14 heteroatoms. The Balaban J connectivity index is 0.00000225. The van der Waals surface area contributed by atoms with Gasteiger partial charge in [-0.25, -0.2) is 9.78 Å². The summed E-state index contributed by atoms with van der Waals surface area (Å²) in [5, 5.41) is 17.0. The molecule has 152 valence electrons. The van der Waals surface area contributed by atoms with Gasteiger partial charge < -0.3 is 27.2 Å². The van der Waals surface area contributed by atoms with E-state index in [1.54, 1.807) is 5.38 Å². The van der Waals surface area contributed by atoms with Crippen LogP contribution < -0.4 is 40.6 Å². The smallest absolute Gasteiger partial charge is 1.00 e. The second-order valence-corrected chi connectivity index (χ2v) is 7.74. The van der Waals surface area contributed by atoms with Gasteiger partial charge in [0.2, 0.25) is 0 Å². The van der Waals surface area contributed by atoms with Gasteiger partial charge in [-0.3, -0.25) is 14.5 Å². The van der Waals surface area contributed by atoms with Gasteiger partial charge in [-0.05, 0) is 5.57 Å². The SMILES string of the molecule is COCC1=C(C(=O)O)N2C(=O)[C@@H](NC(=O)/C(=N\OC)c3csc(N)n3)[C@H]2SC1.[H-].[Na+]. The molecule has 3 rings (SSSR count). The second kappa shape index (κ2) is 9.91. The molecular weight excluding hydrogens is 433 g/mol. The van der Waals surface area contributed by atoms with Crippen molar-refractivity contribution in [2.45, 2.75) is 11.4 Å².